The van der Waals surface area contributed by atoms with Gasteiger partial charge in [-0.3, -0.25) is 19.1 Å². The first-order valence-corrected chi connectivity index (χ1v) is 22.5. The number of rotatable bonds is 14. The van der Waals surface area contributed by atoms with Crippen LogP contribution in [0.5, 0.6) is 11.5 Å². The number of para-hydroxylation sites is 1. The lowest BCUT2D eigenvalue weighted by atomic mass is 9.85. The van der Waals surface area contributed by atoms with Crippen LogP contribution in [0, 0.1) is 18.3 Å². The number of anilines is 1. The molecule has 58 heavy (non-hydrogen) atoms. The Morgan fingerprint density at radius 2 is 1.78 bits per heavy atom. The van der Waals surface area contributed by atoms with Crippen molar-refractivity contribution in [1.29, 1.82) is 0 Å². The second-order valence-corrected chi connectivity index (χ2v) is 20.1. The number of hydrogen-bond donors (Lipinski definition) is 3. The maximum absolute atomic E-state index is 14.9. The summed E-state index contributed by atoms with van der Waals surface area (Å²) in [6, 6.07) is 13.3. The monoisotopic (exact) mass is 830 g/mol. The van der Waals surface area contributed by atoms with Gasteiger partial charge in [0.1, 0.15) is 45.9 Å². The van der Waals surface area contributed by atoms with Gasteiger partial charge in [-0.15, -0.1) is 11.3 Å². The van der Waals surface area contributed by atoms with Crippen molar-refractivity contribution in [2.75, 3.05) is 19.0 Å². The number of benzene rings is 2. The summed E-state index contributed by atoms with van der Waals surface area (Å²) in [7, 11) is -2.24. The van der Waals surface area contributed by atoms with E-state index in [0.717, 1.165) is 27.3 Å². The Labute approximate surface area is 344 Å². The summed E-state index contributed by atoms with van der Waals surface area (Å²) in [5, 5.41) is 9.28. The van der Waals surface area contributed by atoms with E-state index in [2.05, 4.69) is 29.2 Å². The van der Waals surface area contributed by atoms with Gasteiger partial charge in [-0.2, -0.15) is 0 Å². The molecule has 3 aliphatic rings. The fourth-order valence-electron chi connectivity index (χ4n) is 7.84. The van der Waals surface area contributed by atoms with E-state index < -0.39 is 56.2 Å². The lowest BCUT2D eigenvalue weighted by Crippen LogP contribution is -2.58. The Balaban J connectivity index is 1.24. The maximum atomic E-state index is 14.9. The molecule has 2 aliphatic carbocycles. The highest BCUT2D eigenvalue weighted by molar-refractivity contribution is 7.91. The van der Waals surface area contributed by atoms with Gasteiger partial charge in [0.05, 0.1) is 30.1 Å². The number of carbonyl (C=O) groups excluding carboxylic acids is 3. The standard InChI is InChI=1S/C43H54N6O7S2/c1-9-26-21-43(26,41(52)48-58(53,54)29-15-16-29)47-38(50)33-19-28(22-49(33)40(51)37(42(5,6)7)44-27-13-11-10-12-14-27)56-35-20-31(39-46-32(23-57-39)24(2)3)45-36-25(4)34(55-8)18-17-30(35)36/h10-14,17-18,20,23-24,26,28-29,33,37,44H,9,15-16,19,21-22H2,1-8H3,(H,47,50)(H,48,52)/t26-,28-,33+,37-,43-/m1/s1. The van der Waals surface area contributed by atoms with Gasteiger partial charge in [0.2, 0.25) is 21.8 Å². The minimum atomic E-state index is -3.85. The maximum Gasteiger partial charge on any atom is 0.259 e. The van der Waals surface area contributed by atoms with Gasteiger partial charge in [0, 0.05) is 34.5 Å². The van der Waals surface area contributed by atoms with Crippen LogP contribution in [0.25, 0.3) is 21.6 Å². The number of nitrogens with zero attached hydrogens (tertiary/aromatic N) is 3. The van der Waals surface area contributed by atoms with Gasteiger partial charge in [-0.05, 0) is 67.7 Å². The van der Waals surface area contributed by atoms with Crippen LogP contribution in [0.3, 0.4) is 0 Å². The largest absolute Gasteiger partial charge is 0.496 e. The van der Waals surface area contributed by atoms with Gasteiger partial charge in [-0.25, -0.2) is 18.4 Å². The molecule has 3 N–H and O–H groups in total. The molecule has 2 aromatic heterocycles. The fraction of sp³-hybridized carbons (Fsp3) is 0.512. The molecule has 310 valence electrons. The molecule has 1 saturated heterocycles. The number of sulfonamides is 1. The van der Waals surface area contributed by atoms with E-state index in [0.29, 0.717) is 48.4 Å². The molecule has 0 bridgehead atoms. The molecule has 2 aromatic carbocycles. The number of methoxy groups -OCH3 is 1. The first kappa shape index (κ1) is 41.4. The van der Waals surface area contributed by atoms with Crippen LogP contribution >= 0.6 is 11.3 Å². The van der Waals surface area contributed by atoms with E-state index in [1.807, 2.05) is 88.5 Å². The Bertz CT molecular complexity index is 2320. The summed E-state index contributed by atoms with van der Waals surface area (Å²) in [6.07, 6.45) is 1.33. The first-order chi connectivity index (χ1) is 27.4. The summed E-state index contributed by atoms with van der Waals surface area (Å²) in [6.45, 7) is 14.0. The zero-order chi connectivity index (χ0) is 41.7. The summed E-state index contributed by atoms with van der Waals surface area (Å²) < 4.78 is 40.5. The Hall–Kier alpha value is -4.76. The van der Waals surface area contributed by atoms with Gasteiger partial charge < -0.3 is 25.0 Å². The first-order valence-electron chi connectivity index (χ1n) is 20.1. The average molecular weight is 831 g/mol. The number of carbonyl (C=O) groups is 3. The zero-order valence-corrected chi connectivity index (χ0v) is 36.1. The third kappa shape index (κ3) is 8.25. The molecule has 7 rings (SSSR count). The topological polar surface area (TPSA) is 169 Å². The van der Waals surface area contributed by atoms with Crippen molar-refractivity contribution >= 4 is 55.7 Å². The molecule has 3 amide bonds. The van der Waals surface area contributed by atoms with E-state index >= 15 is 0 Å². The number of likely N-dealkylation sites (tertiary alicyclic amines) is 1. The van der Waals surface area contributed by atoms with Crippen LogP contribution < -0.4 is 24.8 Å². The van der Waals surface area contributed by atoms with Crippen molar-refractivity contribution in [3.63, 3.8) is 0 Å². The van der Waals surface area contributed by atoms with Crippen molar-refractivity contribution in [1.82, 2.24) is 24.9 Å². The number of fused-ring (bicyclic) bond motifs is 1. The SMILES string of the molecule is CC[C@@H]1C[C@]1(NC(=O)[C@@H]1C[C@@H](Oc2cc(-c3nc(C(C)C)cs3)nc3c(C)c(OC)ccc23)CN1C(=O)[C@@H](Nc1ccccc1)C(C)(C)C)C(=O)NS(=O)(=O)C1CC1. The van der Waals surface area contributed by atoms with Crippen LogP contribution in [-0.4, -0.2) is 83.6 Å². The van der Waals surface area contributed by atoms with Crippen LogP contribution in [0.15, 0.2) is 53.9 Å². The molecule has 5 atom stereocenters. The predicted molar refractivity (Wildman–Crippen MR) is 225 cm³/mol. The van der Waals surface area contributed by atoms with Crippen molar-refractivity contribution < 1.29 is 32.3 Å². The zero-order valence-electron chi connectivity index (χ0n) is 34.4. The van der Waals surface area contributed by atoms with Gasteiger partial charge in [0.25, 0.3) is 5.91 Å². The Morgan fingerprint density at radius 3 is 2.38 bits per heavy atom. The Kier molecular flexibility index (Phi) is 11.3. The lowest BCUT2D eigenvalue weighted by Gasteiger charge is -2.36. The second kappa shape index (κ2) is 15.8. The lowest BCUT2D eigenvalue weighted by molar-refractivity contribution is -0.141. The summed E-state index contributed by atoms with van der Waals surface area (Å²) in [4.78, 5) is 54.6. The van der Waals surface area contributed by atoms with Crippen molar-refractivity contribution in [2.45, 2.75) is 115 Å². The van der Waals surface area contributed by atoms with Crippen LogP contribution in [0.2, 0.25) is 0 Å². The van der Waals surface area contributed by atoms with Crippen molar-refractivity contribution in [2.24, 2.45) is 11.3 Å². The molecule has 0 unspecified atom stereocenters. The van der Waals surface area contributed by atoms with Gasteiger partial charge >= 0.3 is 0 Å². The molecule has 15 heteroatoms. The quantitative estimate of drug-likeness (QED) is 0.127. The van der Waals surface area contributed by atoms with Crippen molar-refractivity contribution in [3.05, 3.63) is 65.2 Å². The summed E-state index contributed by atoms with van der Waals surface area (Å²) in [5.41, 5.74) is 1.87. The number of hydrogen-bond acceptors (Lipinski definition) is 11. The van der Waals surface area contributed by atoms with Crippen LogP contribution in [-0.2, 0) is 24.4 Å². The molecule has 1 aliphatic heterocycles. The van der Waals surface area contributed by atoms with Crippen molar-refractivity contribution in [3.8, 4) is 22.2 Å². The third-order valence-corrected chi connectivity index (χ3v) is 14.3. The summed E-state index contributed by atoms with van der Waals surface area (Å²) in [5.74, 6) is -0.392. The molecule has 13 nitrogen and oxygen atoms in total. The van der Waals surface area contributed by atoms with Crippen LogP contribution in [0.1, 0.15) is 90.8 Å². The molecule has 0 spiro atoms. The highest BCUT2D eigenvalue weighted by Gasteiger charge is 2.62. The number of aromatic nitrogens is 2. The molecular weight excluding hydrogens is 777 g/mol. The highest BCUT2D eigenvalue weighted by Crippen LogP contribution is 2.47. The number of ether oxygens (including phenoxy) is 2. The number of amides is 3. The fourth-order valence-corrected chi connectivity index (χ4v) is 10.1. The van der Waals surface area contributed by atoms with E-state index in [1.165, 1.54) is 11.3 Å². The number of thiazole rings is 1. The highest BCUT2D eigenvalue weighted by atomic mass is 32.2. The molecular formula is C43H54N6O7S2. The second-order valence-electron chi connectivity index (χ2n) is 17.3. The third-order valence-electron chi connectivity index (χ3n) is 11.6. The minimum Gasteiger partial charge on any atom is -0.496 e. The smallest absolute Gasteiger partial charge is 0.259 e. The van der Waals surface area contributed by atoms with E-state index in [4.69, 9.17) is 19.4 Å². The normalized spacial score (nSPS) is 22.4. The van der Waals surface area contributed by atoms with E-state index in [9.17, 15) is 22.8 Å². The van der Waals surface area contributed by atoms with E-state index in [-0.39, 0.29) is 30.7 Å². The number of nitrogens with one attached hydrogen (secondary N) is 3. The molecule has 4 aromatic rings. The van der Waals surface area contributed by atoms with Crippen LogP contribution in [0.4, 0.5) is 5.69 Å². The van der Waals surface area contributed by atoms with Gasteiger partial charge in [0.15, 0.2) is 0 Å². The minimum absolute atomic E-state index is 0.0788. The molecule has 2 saturated carbocycles. The molecule has 3 heterocycles. The van der Waals surface area contributed by atoms with Gasteiger partial charge in [-0.1, -0.05) is 66.2 Å². The predicted octanol–water partition coefficient (Wildman–Crippen LogP) is 6.57. The Morgan fingerprint density at radius 1 is 1.05 bits per heavy atom. The average Bonchev–Trinajstić information content (AvgIpc) is 4.06. The molecule has 3 fully saturated rings. The number of aryl methyl sites for hydroxylation is 1. The van der Waals surface area contributed by atoms with E-state index in [1.54, 1.807) is 12.0 Å². The number of pyridine rings is 1. The summed E-state index contributed by atoms with van der Waals surface area (Å²) >= 11 is 1.50. The molecule has 0 radical (unpaired) electrons.